The lowest BCUT2D eigenvalue weighted by atomic mass is 10.1. The first-order valence-corrected chi connectivity index (χ1v) is 5.26. The quantitative estimate of drug-likeness (QED) is 0.767. The van der Waals surface area contributed by atoms with Gasteiger partial charge in [0.15, 0.2) is 0 Å². The van der Waals surface area contributed by atoms with Crippen LogP contribution in [0.3, 0.4) is 0 Å². The summed E-state index contributed by atoms with van der Waals surface area (Å²) >= 11 is 3.42. The minimum Gasteiger partial charge on any atom is -0.464 e. The highest BCUT2D eigenvalue weighted by atomic mass is 79.9. The van der Waals surface area contributed by atoms with Gasteiger partial charge in [-0.3, -0.25) is 0 Å². The van der Waals surface area contributed by atoms with Gasteiger partial charge in [-0.1, -0.05) is 29.3 Å². The van der Waals surface area contributed by atoms with E-state index < -0.39 is 0 Å². The van der Waals surface area contributed by atoms with Crippen LogP contribution in [0.5, 0.6) is 0 Å². The Labute approximate surface area is 85.9 Å². The smallest absolute Gasteiger partial charge is 0.135 e. The summed E-state index contributed by atoms with van der Waals surface area (Å²) in [5, 5.41) is 1.24. The minimum absolute atomic E-state index is 0.970. The van der Waals surface area contributed by atoms with Crippen molar-refractivity contribution in [3.05, 3.63) is 34.5 Å². The Morgan fingerprint density at radius 2 is 2.23 bits per heavy atom. The predicted octanol–water partition coefficient (Wildman–Crippen LogP) is 4.15. The highest BCUT2D eigenvalue weighted by molar-refractivity contribution is 9.10. The maximum Gasteiger partial charge on any atom is 0.135 e. The summed E-state index contributed by atoms with van der Waals surface area (Å²) < 4.78 is 6.52. The van der Waals surface area contributed by atoms with Crippen LogP contribution in [0, 0.1) is 0 Å². The standard InChI is InChI=1S/C11H11BrO/c1-2-3-8-7-13-11-6-9(12)4-5-10(8)11/h4-7H,2-3H2,1H3. The van der Waals surface area contributed by atoms with E-state index in [0.29, 0.717) is 0 Å². The zero-order valence-corrected chi connectivity index (χ0v) is 9.10. The van der Waals surface area contributed by atoms with Crippen LogP contribution in [-0.4, -0.2) is 0 Å². The van der Waals surface area contributed by atoms with Crippen molar-refractivity contribution in [3.8, 4) is 0 Å². The summed E-state index contributed by atoms with van der Waals surface area (Å²) in [5.41, 5.74) is 2.28. The first-order valence-electron chi connectivity index (χ1n) is 4.47. The third kappa shape index (κ3) is 1.63. The molecule has 13 heavy (non-hydrogen) atoms. The molecule has 0 aliphatic rings. The molecule has 0 aliphatic carbocycles. The molecule has 2 aromatic rings. The van der Waals surface area contributed by atoms with Crippen molar-refractivity contribution >= 4 is 26.9 Å². The maximum atomic E-state index is 5.45. The van der Waals surface area contributed by atoms with E-state index in [4.69, 9.17) is 4.42 Å². The monoisotopic (exact) mass is 238 g/mol. The molecule has 0 bridgehead atoms. The van der Waals surface area contributed by atoms with E-state index in [0.717, 1.165) is 22.9 Å². The van der Waals surface area contributed by atoms with E-state index in [1.54, 1.807) is 0 Å². The summed E-state index contributed by atoms with van der Waals surface area (Å²) in [5.74, 6) is 0. The van der Waals surface area contributed by atoms with Gasteiger partial charge in [0.05, 0.1) is 6.26 Å². The van der Waals surface area contributed by atoms with Crippen LogP contribution >= 0.6 is 15.9 Å². The molecule has 0 atom stereocenters. The molecule has 1 heterocycles. The fourth-order valence-electron chi connectivity index (χ4n) is 1.52. The SMILES string of the molecule is CCCc1coc2cc(Br)ccc12. The van der Waals surface area contributed by atoms with E-state index in [1.807, 2.05) is 12.3 Å². The van der Waals surface area contributed by atoms with Gasteiger partial charge in [-0.05, 0) is 30.2 Å². The van der Waals surface area contributed by atoms with E-state index in [9.17, 15) is 0 Å². The molecular formula is C11H11BrO. The third-order valence-electron chi connectivity index (χ3n) is 2.14. The number of hydrogen-bond donors (Lipinski definition) is 0. The Morgan fingerprint density at radius 3 is 3.00 bits per heavy atom. The number of benzene rings is 1. The minimum atomic E-state index is 0.970. The molecular weight excluding hydrogens is 228 g/mol. The molecule has 0 amide bonds. The number of fused-ring (bicyclic) bond motifs is 1. The number of rotatable bonds is 2. The second-order valence-corrected chi connectivity index (χ2v) is 4.07. The molecule has 1 aromatic carbocycles. The molecule has 2 rings (SSSR count). The van der Waals surface area contributed by atoms with E-state index >= 15 is 0 Å². The molecule has 0 saturated carbocycles. The van der Waals surface area contributed by atoms with Gasteiger partial charge in [-0.25, -0.2) is 0 Å². The molecule has 1 nitrogen and oxygen atoms in total. The second kappa shape index (κ2) is 3.54. The van der Waals surface area contributed by atoms with Crippen molar-refractivity contribution in [2.24, 2.45) is 0 Å². The fourth-order valence-corrected chi connectivity index (χ4v) is 1.86. The van der Waals surface area contributed by atoms with Gasteiger partial charge in [-0.15, -0.1) is 0 Å². The maximum absolute atomic E-state index is 5.45. The number of halogens is 1. The van der Waals surface area contributed by atoms with Gasteiger partial charge >= 0.3 is 0 Å². The molecule has 0 aliphatic heterocycles. The van der Waals surface area contributed by atoms with Crippen LogP contribution in [-0.2, 0) is 6.42 Å². The molecule has 0 fully saturated rings. The van der Waals surface area contributed by atoms with Gasteiger partial charge in [0.2, 0.25) is 0 Å². The summed E-state index contributed by atoms with van der Waals surface area (Å²) in [6.45, 7) is 2.18. The number of hydrogen-bond acceptors (Lipinski definition) is 1. The Hall–Kier alpha value is -0.760. The summed E-state index contributed by atoms with van der Waals surface area (Å²) in [7, 11) is 0. The average Bonchev–Trinajstić information content (AvgIpc) is 2.49. The van der Waals surface area contributed by atoms with Crippen molar-refractivity contribution < 1.29 is 4.42 Å². The number of aryl methyl sites for hydroxylation is 1. The Balaban J connectivity index is 2.55. The molecule has 0 N–H and O–H groups in total. The lowest BCUT2D eigenvalue weighted by Gasteiger charge is -1.93. The van der Waals surface area contributed by atoms with Crippen LogP contribution in [0.4, 0.5) is 0 Å². The topological polar surface area (TPSA) is 13.1 Å². The summed E-state index contributed by atoms with van der Waals surface area (Å²) in [6, 6.07) is 6.17. The van der Waals surface area contributed by atoms with Gasteiger partial charge < -0.3 is 4.42 Å². The Kier molecular flexibility index (Phi) is 2.40. The van der Waals surface area contributed by atoms with Crippen molar-refractivity contribution in [3.63, 3.8) is 0 Å². The van der Waals surface area contributed by atoms with Gasteiger partial charge in [-0.2, -0.15) is 0 Å². The van der Waals surface area contributed by atoms with E-state index in [2.05, 4.69) is 35.0 Å². The lowest BCUT2D eigenvalue weighted by molar-refractivity contribution is 0.609. The molecule has 0 radical (unpaired) electrons. The van der Waals surface area contributed by atoms with Crippen LogP contribution in [0.15, 0.2) is 33.4 Å². The highest BCUT2D eigenvalue weighted by Gasteiger charge is 2.04. The van der Waals surface area contributed by atoms with Crippen LogP contribution in [0.2, 0.25) is 0 Å². The molecule has 0 spiro atoms. The predicted molar refractivity (Wildman–Crippen MR) is 57.9 cm³/mol. The Morgan fingerprint density at radius 1 is 1.38 bits per heavy atom. The number of furan rings is 1. The summed E-state index contributed by atoms with van der Waals surface area (Å²) in [4.78, 5) is 0. The first-order chi connectivity index (χ1) is 6.31. The average molecular weight is 239 g/mol. The zero-order chi connectivity index (χ0) is 9.26. The van der Waals surface area contributed by atoms with Crippen LogP contribution in [0.25, 0.3) is 11.0 Å². The molecule has 68 valence electrons. The molecule has 0 unspecified atom stereocenters. The normalized spacial score (nSPS) is 10.9. The lowest BCUT2D eigenvalue weighted by Crippen LogP contribution is -1.78. The largest absolute Gasteiger partial charge is 0.464 e. The van der Waals surface area contributed by atoms with Gasteiger partial charge in [0.1, 0.15) is 5.58 Å². The van der Waals surface area contributed by atoms with Crippen molar-refractivity contribution in [1.82, 2.24) is 0 Å². The van der Waals surface area contributed by atoms with Crippen molar-refractivity contribution in [1.29, 1.82) is 0 Å². The Bertz CT molecular complexity index is 417. The highest BCUT2D eigenvalue weighted by Crippen LogP contribution is 2.25. The zero-order valence-electron chi connectivity index (χ0n) is 7.51. The summed E-state index contributed by atoms with van der Waals surface area (Å²) in [6.07, 6.45) is 4.11. The molecule has 1 aromatic heterocycles. The van der Waals surface area contributed by atoms with Crippen LogP contribution < -0.4 is 0 Å². The van der Waals surface area contributed by atoms with E-state index in [1.165, 1.54) is 10.9 Å². The molecule has 0 saturated heterocycles. The fraction of sp³-hybridized carbons (Fsp3) is 0.273. The van der Waals surface area contributed by atoms with E-state index in [-0.39, 0.29) is 0 Å². The van der Waals surface area contributed by atoms with Gasteiger partial charge in [0, 0.05) is 9.86 Å². The first kappa shape index (κ1) is 8.82. The molecule has 2 heteroatoms. The van der Waals surface area contributed by atoms with Crippen LogP contribution in [0.1, 0.15) is 18.9 Å². The van der Waals surface area contributed by atoms with Crippen molar-refractivity contribution in [2.45, 2.75) is 19.8 Å². The second-order valence-electron chi connectivity index (χ2n) is 3.15. The van der Waals surface area contributed by atoms with Crippen molar-refractivity contribution in [2.75, 3.05) is 0 Å². The third-order valence-corrected chi connectivity index (χ3v) is 2.63. The van der Waals surface area contributed by atoms with Gasteiger partial charge in [0.25, 0.3) is 0 Å².